The minimum atomic E-state index is 0.220. The average molecular weight is 282 g/mol. The number of rotatable bonds is 2. The van der Waals surface area contributed by atoms with Gasteiger partial charge in [0.2, 0.25) is 5.28 Å². The number of hydrogen-bond acceptors (Lipinski definition) is 3. The largest absolute Gasteiger partial charge is 0.226 e. The summed E-state index contributed by atoms with van der Waals surface area (Å²) in [6.45, 7) is 1.80. The summed E-state index contributed by atoms with van der Waals surface area (Å²) in [5, 5.41) is 0.220. The molecular formula is C16H12ClN3. The van der Waals surface area contributed by atoms with Crippen LogP contribution in [0.15, 0.2) is 54.6 Å². The third-order valence-corrected chi connectivity index (χ3v) is 3.12. The summed E-state index contributed by atoms with van der Waals surface area (Å²) < 4.78 is 0. The second-order valence-corrected chi connectivity index (χ2v) is 4.76. The number of benzene rings is 2. The summed E-state index contributed by atoms with van der Waals surface area (Å²) in [6, 6.07) is 18.3. The molecule has 0 aliphatic carbocycles. The van der Waals surface area contributed by atoms with Gasteiger partial charge in [0.15, 0.2) is 5.82 Å². The molecule has 1 aromatic heterocycles. The Bertz CT molecular complexity index is 721. The molecule has 0 saturated carbocycles. The van der Waals surface area contributed by atoms with E-state index in [1.807, 2.05) is 30.3 Å². The van der Waals surface area contributed by atoms with E-state index in [2.05, 4.69) is 39.2 Å². The molecule has 0 aliphatic rings. The van der Waals surface area contributed by atoms with Crippen LogP contribution in [-0.2, 0) is 0 Å². The van der Waals surface area contributed by atoms with Gasteiger partial charge in [0.25, 0.3) is 0 Å². The van der Waals surface area contributed by atoms with E-state index in [-0.39, 0.29) is 5.28 Å². The molecule has 0 amide bonds. The van der Waals surface area contributed by atoms with Gasteiger partial charge in [-0.05, 0) is 35.7 Å². The highest BCUT2D eigenvalue weighted by Crippen LogP contribution is 2.24. The van der Waals surface area contributed by atoms with Crippen molar-refractivity contribution >= 4 is 11.6 Å². The first-order chi connectivity index (χ1) is 9.72. The lowest BCUT2D eigenvalue weighted by molar-refractivity contribution is 0.984. The summed E-state index contributed by atoms with van der Waals surface area (Å²) in [5.41, 5.74) is 3.21. The smallest absolute Gasteiger partial charge is 0.213 e. The van der Waals surface area contributed by atoms with Crippen LogP contribution in [0.1, 0.15) is 5.82 Å². The second kappa shape index (κ2) is 5.39. The molecule has 0 fully saturated rings. The van der Waals surface area contributed by atoms with E-state index in [1.54, 1.807) is 6.92 Å². The first kappa shape index (κ1) is 12.8. The molecule has 0 spiro atoms. The van der Waals surface area contributed by atoms with Crippen LogP contribution in [0.25, 0.3) is 22.5 Å². The average Bonchev–Trinajstić information content (AvgIpc) is 2.47. The van der Waals surface area contributed by atoms with Crippen LogP contribution >= 0.6 is 11.6 Å². The molecule has 4 heteroatoms. The first-order valence-electron chi connectivity index (χ1n) is 6.26. The van der Waals surface area contributed by atoms with E-state index in [4.69, 9.17) is 11.6 Å². The fourth-order valence-electron chi connectivity index (χ4n) is 2.05. The van der Waals surface area contributed by atoms with Crippen LogP contribution in [-0.4, -0.2) is 15.0 Å². The Morgan fingerprint density at radius 1 is 0.750 bits per heavy atom. The topological polar surface area (TPSA) is 38.7 Å². The van der Waals surface area contributed by atoms with Crippen molar-refractivity contribution in [3.63, 3.8) is 0 Å². The van der Waals surface area contributed by atoms with Crippen molar-refractivity contribution in [2.45, 2.75) is 6.92 Å². The van der Waals surface area contributed by atoms with Gasteiger partial charge >= 0.3 is 0 Å². The molecule has 3 aromatic rings. The Kier molecular flexibility index (Phi) is 3.44. The van der Waals surface area contributed by atoms with E-state index in [9.17, 15) is 0 Å². The highest BCUT2D eigenvalue weighted by atomic mass is 35.5. The highest BCUT2D eigenvalue weighted by Gasteiger charge is 2.06. The van der Waals surface area contributed by atoms with Crippen molar-refractivity contribution in [3.8, 4) is 22.5 Å². The molecule has 98 valence electrons. The first-order valence-corrected chi connectivity index (χ1v) is 6.64. The molecule has 3 rings (SSSR count). The molecule has 0 aliphatic heterocycles. The number of nitrogens with zero attached hydrogens (tertiary/aromatic N) is 3. The second-order valence-electron chi connectivity index (χ2n) is 4.42. The number of aryl methyl sites for hydroxylation is 1. The monoisotopic (exact) mass is 281 g/mol. The summed E-state index contributed by atoms with van der Waals surface area (Å²) in [7, 11) is 0. The van der Waals surface area contributed by atoms with Gasteiger partial charge in [0.1, 0.15) is 5.82 Å². The van der Waals surface area contributed by atoms with Gasteiger partial charge in [-0.25, -0.2) is 9.97 Å². The lowest BCUT2D eigenvalue weighted by Crippen LogP contribution is -1.96. The van der Waals surface area contributed by atoms with Gasteiger partial charge in [-0.3, -0.25) is 0 Å². The van der Waals surface area contributed by atoms with Gasteiger partial charge in [-0.1, -0.05) is 48.5 Å². The van der Waals surface area contributed by atoms with Crippen LogP contribution in [0.3, 0.4) is 0 Å². The molecule has 20 heavy (non-hydrogen) atoms. The van der Waals surface area contributed by atoms with Crippen LogP contribution in [0.2, 0.25) is 5.28 Å². The van der Waals surface area contributed by atoms with Crippen molar-refractivity contribution in [2.75, 3.05) is 0 Å². The van der Waals surface area contributed by atoms with Crippen LogP contribution in [0, 0.1) is 6.92 Å². The zero-order chi connectivity index (χ0) is 13.9. The van der Waals surface area contributed by atoms with E-state index >= 15 is 0 Å². The molecule has 0 bridgehead atoms. The standard InChI is InChI=1S/C16H12ClN3/c1-11-18-15(20-16(17)19-11)14-9-5-8-13(10-14)12-6-3-2-4-7-12/h2-10H,1H3. The van der Waals surface area contributed by atoms with E-state index in [0.29, 0.717) is 11.6 Å². The molecule has 0 saturated heterocycles. The zero-order valence-electron chi connectivity index (χ0n) is 10.9. The molecule has 2 aromatic carbocycles. The number of halogens is 1. The summed E-state index contributed by atoms with van der Waals surface area (Å²) in [5.74, 6) is 1.21. The molecule has 3 nitrogen and oxygen atoms in total. The van der Waals surface area contributed by atoms with Gasteiger partial charge in [-0.15, -0.1) is 0 Å². The van der Waals surface area contributed by atoms with Crippen LogP contribution in [0.4, 0.5) is 0 Å². The predicted octanol–water partition coefficient (Wildman–Crippen LogP) is 4.17. The van der Waals surface area contributed by atoms with Crippen molar-refractivity contribution in [1.82, 2.24) is 15.0 Å². The maximum absolute atomic E-state index is 5.89. The molecule has 0 unspecified atom stereocenters. The van der Waals surface area contributed by atoms with Crippen LogP contribution in [0.5, 0.6) is 0 Å². The lowest BCUT2D eigenvalue weighted by atomic mass is 10.0. The third-order valence-electron chi connectivity index (χ3n) is 2.95. The Morgan fingerprint density at radius 3 is 2.20 bits per heavy atom. The third kappa shape index (κ3) is 2.68. The van der Waals surface area contributed by atoms with E-state index in [1.165, 1.54) is 0 Å². The molecular weight excluding hydrogens is 270 g/mol. The van der Waals surface area contributed by atoms with Gasteiger partial charge < -0.3 is 0 Å². The Hall–Kier alpha value is -2.26. The number of hydrogen-bond donors (Lipinski definition) is 0. The number of aromatic nitrogens is 3. The molecule has 0 radical (unpaired) electrons. The van der Waals surface area contributed by atoms with Crippen molar-refractivity contribution < 1.29 is 0 Å². The maximum atomic E-state index is 5.89. The maximum Gasteiger partial charge on any atom is 0.226 e. The zero-order valence-corrected chi connectivity index (χ0v) is 11.7. The Balaban J connectivity index is 2.07. The SMILES string of the molecule is Cc1nc(Cl)nc(-c2cccc(-c3ccccc3)c2)n1. The minimum absolute atomic E-state index is 0.220. The fourth-order valence-corrected chi connectivity index (χ4v) is 2.25. The predicted molar refractivity (Wildman–Crippen MR) is 80.4 cm³/mol. The van der Waals surface area contributed by atoms with E-state index in [0.717, 1.165) is 16.7 Å². The van der Waals surface area contributed by atoms with Gasteiger partial charge in [-0.2, -0.15) is 4.98 Å². The normalized spacial score (nSPS) is 10.5. The summed E-state index contributed by atoms with van der Waals surface area (Å²) in [6.07, 6.45) is 0. The molecule has 1 heterocycles. The lowest BCUT2D eigenvalue weighted by Gasteiger charge is -2.05. The summed E-state index contributed by atoms with van der Waals surface area (Å²) in [4.78, 5) is 12.5. The highest BCUT2D eigenvalue weighted by molar-refractivity contribution is 6.28. The quantitative estimate of drug-likeness (QED) is 0.708. The van der Waals surface area contributed by atoms with Crippen molar-refractivity contribution in [1.29, 1.82) is 0 Å². The summed E-state index contributed by atoms with van der Waals surface area (Å²) >= 11 is 5.89. The molecule has 0 atom stereocenters. The Labute approximate surface area is 122 Å². The fraction of sp³-hybridized carbons (Fsp3) is 0.0625. The van der Waals surface area contributed by atoms with Gasteiger partial charge in [0, 0.05) is 5.56 Å². The minimum Gasteiger partial charge on any atom is -0.213 e. The van der Waals surface area contributed by atoms with Gasteiger partial charge in [0.05, 0.1) is 0 Å². The van der Waals surface area contributed by atoms with Crippen LogP contribution < -0.4 is 0 Å². The van der Waals surface area contributed by atoms with Crippen molar-refractivity contribution in [3.05, 3.63) is 65.7 Å². The Morgan fingerprint density at radius 2 is 1.45 bits per heavy atom. The van der Waals surface area contributed by atoms with E-state index < -0.39 is 0 Å². The molecule has 0 N–H and O–H groups in total. The van der Waals surface area contributed by atoms with Crippen molar-refractivity contribution in [2.24, 2.45) is 0 Å².